The molecule has 25 heavy (non-hydrogen) atoms. The largest absolute Gasteiger partial charge is 0.445 e. The second-order valence-electron chi connectivity index (χ2n) is 7.19. The van der Waals surface area contributed by atoms with E-state index < -0.39 is 17.8 Å². The predicted molar refractivity (Wildman–Crippen MR) is 94.0 cm³/mol. The van der Waals surface area contributed by atoms with Gasteiger partial charge in [-0.1, -0.05) is 30.3 Å². The zero-order chi connectivity index (χ0) is 18.4. The molecule has 0 aliphatic carbocycles. The number of carbonyl (C=O) groups excluding carboxylic acids is 2. The SMILES string of the molecule is CC(C)(C)OC(=O)N1CC[C@@H](N)[C@H](NC(=O)OCc2ccccc2)C1. The summed E-state index contributed by atoms with van der Waals surface area (Å²) < 4.78 is 10.6. The van der Waals surface area contributed by atoms with Gasteiger partial charge in [0.2, 0.25) is 0 Å². The molecule has 1 heterocycles. The molecule has 0 unspecified atom stereocenters. The van der Waals surface area contributed by atoms with Crippen LogP contribution in [0.3, 0.4) is 0 Å². The molecule has 2 amide bonds. The highest BCUT2D eigenvalue weighted by molar-refractivity contribution is 5.70. The molecular formula is C18H27N3O4. The lowest BCUT2D eigenvalue weighted by Gasteiger charge is -2.37. The average Bonchev–Trinajstić information content (AvgIpc) is 2.54. The molecule has 2 rings (SSSR count). The Kier molecular flexibility index (Phi) is 6.25. The molecule has 1 aliphatic heterocycles. The molecule has 3 N–H and O–H groups in total. The van der Waals surface area contributed by atoms with Gasteiger partial charge in [-0.05, 0) is 32.8 Å². The average molecular weight is 349 g/mol. The summed E-state index contributed by atoms with van der Waals surface area (Å²) in [5.41, 5.74) is 6.42. The third-order valence-corrected chi connectivity index (χ3v) is 3.83. The van der Waals surface area contributed by atoms with Crippen LogP contribution in [0.2, 0.25) is 0 Å². The first kappa shape index (κ1) is 19.1. The highest BCUT2D eigenvalue weighted by Gasteiger charge is 2.32. The standard InChI is InChI=1S/C18H27N3O4/c1-18(2,3)25-17(23)21-10-9-14(19)15(11-21)20-16(22)24-12-13-7-5-4-6-8-13/h4-8,14-15H,9-12,19H2,1-3H3,(H,20,22)/t14-,15-/m1/s1. The van der Waals surface area contributed by atoms with Gasteiger partial charge in [0.1, 0.15) is 12.2 Å². The number of amides is 2. The van der Waals surface area contributed by atoms with E-state index in [0.717, 1.165) is 5.56 Å². The van der Waals surface area contributed by atoms with Crippen LogP contribution in [-0.2, 0) is 16.1 Å². The number of nitrogens with one attached hydrogen (secondary N) is 1. The molecule has 0 saturated carbocycles. The molecule has 138 valence electrons. The van der Waals surface area contributed by atoms with Crippen LogP contribution in [0.25, 0.3) is 0 Å². The Hall–Kier alpha value is -2.28. The molecule has 1 aliphatic rings. The maximum atomic E-state index is 12.2. The smallest absolute Gasteiger partial charge is 0.410 e. The Bertz CT molecular complexity index is 586. The number of piperidine rings is 1. The number of hydrogen-bond donors (Lipinski definition) is 2. The molecule has 1 fully saturated rings. The van der Waals surface area contributed by atoms with Crippen molar-refractivity contribution in [2.45, 2.75) is 51.5 Å². The summed E-state index contributed by atoms with van der Waals surface area (Å²) in [5, 5.41) is 2.75. The van der Waals surface area contributed by atoms with Gasteiger partial charge in [0.25, 0.3) is 0 Å². The number of likely N-dealkylation sites (tertiary alicyclic amines) is 1. The van der Waals surface area contributed by atoms with Crippen LogP contribution in [0.4, 0.5) is 9.59 Å². The molecule has 1 saturated heterocycles. The number of nitrogens with two attached hydrogens (primary N) is 1. The van der Waals surface area contributed by atoms with Gasteiger partial charge >= 0.3 is 12.2 Å². The minimum Gasteiger partial charge on any atom is -0.445 e. The summed E-state index contributed by atoms with van der Waals surface area (Å²) in [5.74, 6) is 0. The maximum absolute atomic E-state index is 12.2. The number of ether oxygens (including phenoxy) is 2. The fourth-order valence-corrected chi connectivity index (χ4v) is 2.53. The van der Waals surface area contributed by atoms with Crippen LogP contribution in [0.5, 0.6) is 0 Å². The van der Waals surface area contributed by atoms with E-state index in [1.165, 1.54) is 0 Å². The van der Waals surface area contributed by atoms with Gasteiger partial charge in [0.15, 0.2) is 0 Å². The van der Waals surface area contributed by atoms with E-state index in [2.05, 4.69) is 5.32 Å². The summed E-state index contributed by atoms with van der Waals surface area (Å²) in [6.07, 6.45) is -0.359. The lowest BCUT2D eigenvalue weighted by Crippen LogP contribution is -2.59. The Morgan fingerprint density at radius 3 is 2.60 bits per heavy atom. The molecule has 7 heteroatoms. The minimum atomic E-state index is -0.561. The van der Waals surface area contributed by atoms with Crippen molar-refractivity contribution in [2.24, 2.45) is 5.73 Å². The Morgan fingerprint density at radius 2 is 1.96 bits per heavy atom. The molecule has 7 nitrogen and oxygen atoms in total. The van der Waals surface area contributed by atoms with Crippen molar-refractivity contribution in [3.63, 3.8) is 0 Å². The number of carbonyl (C=O) groups is 2. The van der Waals surface area contributed by atoms with Gasteiger partial charge in [0.05, 0.1) is 6.04 Å². The van der Waals surface area contributed by atoms with E-state index in [1.54, 1.807) is 4.90 Å². The van der Waals surface area contributed by atoms with E-state index in [4.69, 9.17) is 15.2 Å². The van der Waals surface area contributed by atoms with Crippen molar-refractivity contribution in [2.75, 3.05) is 13.1 Å². The Morgan fingerprint density at radius 1 is 1.28 bits per heavy atom. The molecule has 0 aromatic heterocycles. The van der Waals surface area contributed by atoms with Gasteiger partial charge in [-0.25, -0.2) is 9.59 Å². The van der Waals surface area contributed by atoms with Crippen molar-refractivity contribution >= 4 is 12.2 Å². The van der Waals surface area contributed by atoms with Crippen molar-refractivity contribution in [3.8, 4) is 0 Å². The van der Waals surface area contributed by atoms with E-state index >= 15 is 0 Å². The van der Waals surface area contributed by atoms with Gasteiger partial charge in [-0.2, -0.15) is 0 Å². The molecule has 1 aromatic rings. The summed E-state index contributed by atoms with van der Waals surface area (Å²) in [7, 11) is 0. The van der Waals surface area contributed by atoms with Crippen molar-refractivity contribution in [3.05, 3.63) is 35.9 Å². The normalized spacial score (nSPS) is 20.7. The van der Waals surface area contributed by atoms with Gasteiger partial charge in [-0.15, -0.1) is 0 Å². The Labute approximate surface area is 148 Å². The highest BCUT2D eigenvalue weighted by Crippen LogP contribution is 2.15. The lowest BCUT2D eigenvalue weighted by atomic mass is 10.0. The van der Waals surface area contributed by atoms with Crippen LogP contribution in [-0.4, -0.2) is 47.9 Å². The van der Waals surface area contributed by atoms with E-state index in [-0.39, 0.29) is 18.7 Å². The first-order valence-electron chi connectivity index (χ1n) is 8.45. The second-order valence-corrected chi connectivity index (χ2v) is 7.19. The quantitative estimate of drug-likeness (QED) is 0.873. The van der Waals surface area contributed by atoms with Gasteiger partial charge < -0.3 is 25.4 Å². The fourth-order valence-electron chi connectivity index (χ4n) is 2.53. The molecule has 2 atom stereocenters. The third kappa shape index (κ3) is 6.26. The van der Waals surface area contributed by atoms with Crippen LogP contribution >= 0.6 is 0 Å². The maximum Gasteiger partial charge on any atom is 0.410 e. The van der Waals surface area contributed by atoms with Crippen LogP contribution in [0.1, 0.15) is 32.8 Å². The van der Waals surface area contributed by atoms with Crippen LogP contribution < -0.4 is 11.1 Å². The first-order chi connectivity index (χ1) is 11.7. The highest BCUT2D eigenvalue weighted by atomic mass is 16.6. The van der Waals surface area contributed by atoms with Crippen molar-refractivity contribution in [1.29, 1.82) is 0 Å². The molecule has 0 bridgehead atoms. The van der Waals surface area contributed by atoms with Crippen molar-refractivity contribution < 1.29 is 19.1 Å². The summed E-state index contributed by atoms with van der Waals surface area (Å²) >= 11 is 0. The zero-order valence-electron chi connectivity index (χ0n) is 15.0. The van der Waals surface area contributed by atoms with Crippen molar-refractivity contribution in [1.82, 2.24) is 10.2 Å². The zero-order valence-corrected chi connectivity index (χ0v) is 15.0. The third-order valence-electron chi connectivity index (χ3n) is 3.83. The van der Waals surface area contributed by atoms with E-state index in [1.807, 2.05) is 51.1 Å². The molecule has 0 radical (unpaired) electrons. The van der Waals surface area contributed by atoms with Gasteiger partial charge in [-0.3, -0.25) is 0 Å². The molecule has 0 spiro atoms. The molecule has 1 aromatic carbocycles. The van der Waals surface area contributed by atoms with Crippen LogP contribution in [0, 0.1) is 0 Å². The van der Waals surface area contributed by atoms with Crippen LogP contribution in [0.15, 0.2) is 30.3 Å². The van der Waals surface area contributed by atoms with Gasteiger partial charge in [0, 0.05) is 19.1 Å². The number of alkyl carbamates (subject to hydrolysis) is 1. The summed E-state index contributed by atoms with van der Waals surface area (Å²) in [6, 6.07) is 8.81. The first-order valence-corrected chi connectivity index (χ1v) is 8.45. The molecular weight excluding hydrogens is 322 g/mol. The van der Waals surface area contributed by atoms with E-state index in [0.29, 0.717) is 19.5 Å². The second kappa shape index (κ2) is 8.20. The summed E-state index contributed by atoms with van der Waals surface area (Å²) in [4.78, 5) is 25.8. The number of hydrogen-bond acceptors (Lipinski definition) is 5. The number of nitrogens with zero attached hydrogens (tertiary/aromatic N) is 1. The lowest BCUT2D eigenvalue weighted by molar-refractivity contribution is 0.0170. The minimum absolute atomic E-state index is 0.185. The topological polar surface area (TPSA) is 93.9 Å². The fraction of sp³-hybridized carbons (Fsp3) is 0.556. The predicted octanol–water partition coefficient (Wildman–Crippen LogP) is 2.25. The number of benzene rings is 1. The number of rotatable bonds is 3. The van der Waals surface area contributed by atoms with E-state index in [9.17, 15) is 9.59 Å². The Balaban J connectivity index is 1.84. The summed E-state index contributed by atoms with van der Waals surface area (Å²) in [6.45, 7) is 6.44. The monoisotopic (exact) mass is 349 g/mol.